The second-order valence-electron chi connectivity index (χ2n) is 5.81. The molecule has 3 rings (SSSR count). The van der Waals surface area contributed by atoms with Crippen LogP contribution in [0.25, 0.3) is 0 Å². The number of halogens is 1. The Kier molecular flexibility index (Phi) is 3.02. The van der Waals surface area contributed by atoms with Crippen molar-refractivity contribution in [2.45, 2.75) is 57.2 Å². The first-order valence-corrected chi connectivity index (χ1v) is 6.95. The summed E-state index contributed by atoms with van der Waals surface area (Å²) in [4.78, 5) is 2.43. The van der Waals surface area contributed by atoms with Gasteiger partial charge in [-0.05, 0) is 56.7 Å². The number of nitrogens with two attached hydrogens (primary N) is 1. The third kappa shape index (κ3) is 2.01. The molecular weight excluding hydrogens is 227 g/mol. The van der Waals surface area contributed by atoms with Crippen LogP contribution in [0.15, 0.2) is 18.2 Å². The Balaban J connectivity index is 1.92. The SMILES string of the molecule is Cc1ccc(N2C3CCCC2CC(N)C3)cc1F. The summed E-state index contributed by atoms with van der Waals surface area (Å²) in [7, 11) is 0. The zero-order valence-electron chi connectivity index (χ0n) is 10.9. The lowest BCUT2D eigenvalue weighted by atomic mass is 9.81. The molecule has 2 atom stereocenters. The van der Waals surface area contributed by atoms with Crippen molar-refractivity contribution >= 4 is 5.69 Å². The molecule has 3 heteroatoms. The molecule has 18 heavy (non-hydrogen) atoms. The molecule has 0 saturated carbocycles. The minimum atomic E-state index is -0.0968. The van der Waals surface area contributed by atoms with Crippen molar-refractivity contribution in [2.75, 3.05) is 4.90 Å². The Morgan fingerprint density at radius 2 is 1.89 bits per heavy atom. The quantitative estimate of drug-likeness (QED) is 0.828. The molecule has 2 nitrogen and oxygen atoms in total. The Hall–Kier alpha value is -1.09. The van der Waals surface area contributed by atoms with E-state index in [1.54, 1.807) is 6.07 Å². The fraction of sp³-hybridized carbons (Fsp3) is 0.600. The van der Waals surface area contributed by atoms with E-state index in [2.05, 4.69) is 11.0 Å². The maximum atomic E-state index is 13.7. The second kappa shape index (κ2) is 4.54. The lowest BCUT2D eigenvalue weighted by Crippen LogP contribution is -2.55. The van der Waals surface area contributed by atoms with E-state index in [0.717, 1.165) is 24.1 Å². The van der Waals surface area contributed by atoms with E-state index in [1.807, 2.05) is 13.0 Å². The number of anilines is 1. The van der Waals surface area contributed by atoms with E-state index in [1.165, 1.54) is 19.3 Å². The van der Waals surface area contributed by atoms with Crippen LogP contribution in [-0.4, -0.2) is 18.1 Å². The molecule has 0 radical (unpaired) electrons. The predicted octanol–water partition coefficient (Wildman–Crippen LogP) is 2.98. The van der Waals surface area contributed by atoms with Crippen LogP contribution in [-0.2, 0) is 0 Å². The summed E-state index contributed by atoms with van der Waals surface area (Å²) in [6.07, 6.45) is 5.77. The van der Waals surface area contributed by atoms with Crippen molar-refractivity contribution in [3.8, 4) is 0 Å². The van der Waals surface area contributed by atoms with Crippen molar-refractivity contribution in [3.05, 3.63) is 29.6 Å². The van der Waals surface area contributed by atoms with Crippen LogP contribution in [0.1, 0.15) is 37.7 Å². The first kappa shape index (κ1) is 12.0. The fourth-order valence-corrected chi connectivity index (χ4v) is 3.59. The van der Waals surface area contributed by atoms with Gasteiger partial charge in [0, 0.05) is 23.8 Å². The van der Waals surface area contributed by atoms with Crippen LogP contribution in [0.3, 0.4) is 0 Å². The second-order valence-corrected chi connectivity index (χ2v) is 5.81. The van der Waals surface area contributed by atoms with Crippen LogP contribution in [0.4, 0.5) is 10.1 Å². The number of hydrogen-bond donors (Lipinski definition) is 1. The monoisotopic (exact) mass is 248 g/mol. The average molecular weight is 248 g/mol. The highest BCUT2D eigenvalue weighted by atomic mass is 19.1. The average Bonchev–Trinajstić information content (AvgIpc) is 2.32. The molecule has 1 aromatic rings. The van der Waals surface area contributed by atoms with Crippen molar-refractivity contribution in [1.82, 2.24) is 0 Å². The number of hydrogen-bond acceptors (Lipinski definition) is 2. The maximum absolute atomic E-state index is 13.7. The standard InChI is InChI=1S/C15H21FN2/c1-10-5-6-14(9-15(10)16)18-12-3-2-4-13(18)8-11(17)7-12/h5-6,9,11-13H,2-4,7-8,17H2,1H3. The van der Waals surface area contributed by atoms with Gasteiger partial charge in [0.05, 0.1) is 0 Å². The highest BCUT2D eigenvalue weighted by Gasteiger charge is 2.37. The number of piperidine rings is 2. The number of nitrogens with zero attached hydrogens (tertiary/aromatic N) is 1. The largest absolute Gasteiger partial charge is 0.365 e. The molecule has 0 aromatic heterocycles. The molecule has 1 aromatic carbocycles. The van der Waals surface area contributed by atoms with Crippen LogP contribution < -0.4 is 10.6 Å². The molecule has 2 fully saturated rings. The van der Waals surface area contributed by atoms with Gasteiger partial charge in [-0.1, -0.05) is 6.07 Å². The molecule has 0 aliphatic carbocycles. The molecule has 2 N–H and O–H groups in total. The Morgan fingerprint density at radius 3 is 2.50 bits per heavy atom. The van der Waals surface area contributed by atoms with Crippen molar-refractivity contribution in [1.29, 1.82) is 0 Å². The Labute approximate surface area is 108 Å². The highest BCUT2D eigenvalue weighted by Crippen LogP contribution is 2.37. The lowest BCUT2D eigenvalue weighted by molar-refractivity contribution is 0.271. The summed E-state index contributed by atoms with van der Waals surface area (Å²) in [5.41, 5.74) is 7.88. The van der Waals surface area contributed by atoms with E-state index < -0.39 is 0 Å². The van der Waals surface area contributed by atoms with Gasteiger partial charge in [0.1, 0.15) is 5.82 Å². The molecule has 98 valence electrons. The van der Waals surface area contributed by atoms with E-state index in [4.69, 9.17) is 5.73 Å². The van der Waals surface area contributed by atoms with E-state index in [-0.39, 0.29) is 5.82 Å². The third-order valence-corrected chi connectivity index (χ3v) is 4.46. The van der Waals surface area contributed by atoms with Gasteiger partial charge in [0.2, 0.25) is 0 Å². The molecule has 2 bridgehead atoms. The maximum Gasteiger partial charge on any atom is 0.128 e. The molecule has 0 spiro atoms. The van der Waals surface area contributed by atoms with E-state index in [0.29, 0.717) is 18.1 Å². The smallest absolute Gasteiger partial charge is 0.128 e. The molecular formula is C15H21FN2. The lowest BCUT2D eigenvalue weighted by Gasteiger charge is -2.49. The minimum Gasteiger partial charge on any atom is -0.365 e. The molecule has 2 unspecified atom stereocenters. The zero-order chi connectivity index (χ0) is 12.7. The van der Waals surface area contributed by atoms with E-state index in [9.17, 15) is 4.39 Å². The van der Waals surface area contributed by atoms with Crippen molar-refractivity contribution < 1.29 is 4.39 Å². The summed E-state index contributed by atoms with van der Waals surface area (Å²) in [6, 6.07) is 6.98. The number of aryl methyl sites for hydroxylation is 1. The van der Waals surface area contributed by atoms with Crippen molar-refractivity contribution in [3.63, 3.8) is 0 Å². The van der Waals surface area contributed by atoms with Crippen molar-refractivity contribution in [2.24, 2.45) is 5.73 Å². The summed E-state index contributed by atoms with van der Waals surface area (Å²) < 4.78 is 13.7. The molecule has 2 saturated heterocycles. The van der Waals surface area contributed by atoms with Gasteiger partial charge < -0.3 is 10.6 Å². The molecule has 0 amide bonds. The zero-order valence-corrected chi connectivity index (χ0v) is 10.9. The molecule has 2 aliphatic heterocycles. The van der Waals surface area contributed by atoms with Gasteiger partial charge in [-0.25, -0.2) is 4.39 Å². The summed E-state index contributed by atoms with van der Waals surface area (Å²) >= 11 is 0. The Bertz CT molecular complexity index is 432. The topological polar surface area (TPSA) is 29.3 Å². The van der Waals surface area contributed by atoms with Gasteiger partial charge in [0.15, 0.2) is 0 Å². The summed E-state index contributed by atoms with van der Waals surface area (Å²) in [5, 5.41) is 0. The van der Waals surface area contributed by atoms with Crippen LogP contribution >= 0.6 is 0 Å². The van der Waals surface area contributed by atoms with Gasteiger partial charge in [0.25, 0.3) is 0 Å². The first-order valence-electron chi connectivity index (χ1n) is 6.95. The molecule has 2 aliphatic rings. The Morgan fingerprint density at radius 1 is 1.22 bits per heavy atom. The summed E-state index contributed by atoms with van der Waals surface area (Å²) in [6.45, 7) is 1.81. The highest BCUT2D eigenvalue weighted by molar-refractivity contribution is 5.51. The van der Waals surface area contributed by atoms with Gasteiger partial charge in [-0.2, -0.15) is 0 Å². The van der Waals surface area contributed by atoms with Gasteiger partial charge in [-0.3, -0.25) is 0 Å². The first-order chi connectivity index (χ1) is 8.65. The normalized spacial score (nSPS) is 31.5. The number of rotatable bonds is 1. The predicted molar refractivity (Wildman–Crippen MR) is 72.3 cm³/mol. The van der Waals surface area contributed by atoms with E-state index >= 15 is 0 Å². The number of fused-ring (bicyclic) bond motifs is 2. The van der Waals surface area contributed by atoms with Crippen LogP contribution in [0, 0.1) is 12.7 Å². The van der Waals surface area contributed by atoms with Crippen LogP contribution in [0.5, 0.6) is 0 Å². The third-order valence-electron chi connectivity index (χ3n) is 4.46. The van der Waals surface area contributed by atoms with Gasteiger partial charge >= 0.3 is 0 Å². The number of benzene rings is 1. The fourth-order valence-electron chi connectivity index (χ4n) is 3.59. The van der Waals surface area contributed by atoms with Crippen LogP contribution in [0.2, 0.25) is 0 Å². The summed E-state index contributed by atoms with van der Waals surface area (Å²) in [5.74, 6) is -0.0968. The minimum absolute atomic E-state index is 0.0968. The molecule has 2 heterocycles. The van der Waals surface area contributed by atoms with Gasteiger partial charge in [-0.15, -0.1) is 0 Å².